The molecule has 2 atom stereocenters. The fourth-order valence-corrected chi connectivity index (χ4v) is 1.90. The van der Waals surface area contributed by atoms with E-state index >= 15 is 0 Å². The topological polar surface area (TPSA) is 44.5 Å². The van der Waals surface area contributed by atoms with Crippen molar-refractivity contribution in [2.75, 3.05) is 19.8 Å². The molecule has 2 rings (SSSR count). The van der Waals surface area contributed by atoms with Crippen molar-refractivity contribution in [2.45, 2.75) is 26.0 Å². The van der Waals surface area contributed by atoms with Gasteiger partial charge in [0.25, 0.3) is 0 Å². The van der Waals surface area contributed by atoms with Crippen molar-refractivity contribution in [1.29, 1.82) is 0 Å². The predicted molar refractivity (Wildman–Crippen MR) is 63.4 cm³/mol. The lowest BCUT2D eigenvalue weighted by molar-refractivity contribution is -0.0975. The van der Waals surface area contributed by atoms with Crippen LogP contribution in [0.25, 0.3) is 0 Å². The highest BCUT2D eigenvalue weighted by Crippen LogP contribution is 2.21. The summed E-state index contributed by atoms with van der Waals surface area (Å²) in [7, 11) is 0. The molecule has 0 saturated carbocycles. The van der Waals surface area contributed by atoms with Gasteiger partial charge in [0.05, 0.1) is 25.9 Å². The van der Waals surface area contributed by atoms with Crippen molar-refractivity contribution in [1.82, 2.24) is 0 Å². The molecule has 3 nitrogen and oxygen atoms in total. The van der Waals surface area contributed by atoms with Gasteiger partial charge >= 0.3 is 0 Å². The Morgan fingerprint density at radius 1 is 1.25 bits per heavy atom. The number of hydrogen-bond acceptors (Lipinski definition) is 3. The molecule has 0 aromatic heterocycles. The molecule has 1 aliphatic heterocycles. The van der Waals surface area contributed by atoms with Crippen LogP contribution in [0.3, 0.4) is 0 Å². The van der Waals surface area contributed by atoms with Crippen LogP contribution in [0.1, 0.15) is 22.7 Å². The Morgan fingerprint density at radius 2 is 2.06 bits per heavy atom. The van der Waals surface area contributed by atoms with Crippen LogP contribution in [0.15, 0.2) is 18.2 Å². The van der Waals surface area contributed by atoms with E-state index in [-0.39, 0.29) is 12.1 Å². The Bertz CT molecular complexity index is 359. The van der Waals surface area contributed by atoms with Crippen molar-refractivity contribution in [3.8, 4) is 0 Å². The third-order valence-corrected chi connectivity index (χ3v) is 3.16. The molecule has 2 unspecified atom stereocenters. The smallest absolute Gasteiger partial charge is 0.100 e. The van der Waals surface area contributed by atoms with Crippen LogP contribution in [0.2, 0.25) is 0 Å². The molecule has 1 aliphatic rings. The zero-order valence-corrected chi connectivity index (χ0v) is 9.90. The molecule has 1 fully saturated rings. The Hall–Kier alpha value is -0.900. The van der Waals surface area contributed by atoms with Gasteiger partial charge in [-0.1, -0.05) is 18.2 Å². The van der Waals surface area contributed by atoms with Gasteiger partial charge in [-0.3, -0.25) is 0 Å². The largest absolute Gasteiger partial charge is 0.376 e. The molecule has 0 bridgehead atoms. The number of benzene rings is 1. The highest BCUT2D eigenvalue weighted by atomic mass is 16.6. The van der Waals surface area contributed by atoms with Gasteiger partial charge in [-0.25, -0.2) is 0 Å². The van der Waals surface area contributed by atoms with Gasteiger partial charge in [-0.05, 0) is 30.5 Å². The fourth-order valence-electron chi connectivity index (χ4n) is 1.90. The van der Waals surface area contributed by atoms with E-state index in [1.165, 1.54) is 11.1 Å². The lowest BCUT2D eigenvalue weighted by Gasteiger charge is -2.28. The fraction of sp³-hybridized carbons (Fsp3) is 0.538. The lowest BCUT2D eigenvalue weighted by atomic mass is 9.98. The highest BCUT2D eigenvalue weighted by molar-refractivity contribution is 5.32. The van der Waals surface area contributed by atoms with E-state index < -0.39 is 0 Å². The third-order valence-electron chi connectivity index (χ3n) is 3.16. The average molecular weight is 221 g/mol. The quantitative estimate of drug-likeness (QED) is 0.827. The number of nitrogens with two attached hydrogens (primary N) is 1. The molecule has 1 heterocycles. The lowest BCUT2D eigenvalue weighted by Crippen LogP contribution is -2.37. The summed E-state index contributed by atoms with van der Waals surface area (Å²) in [6.45, 7) is 6.11. The third kappa shape index (κ3) is 2.43. The Morgan fingerprint density at radius 3 is 2.69 bits per heavy atom. The Kier molecular flexibility index (Phi) is 3.59. The van der Waals surface area contributed by atoms with Crippen LogP contribution in [0.4, 0.5) is 0 Å². The first kappa shape index (κ1) is 11.6. The van der Waals surface area contributed by atoms with E-state index in [1.54, 1.807) is 0 Å². The van der Waals surface area contributed by atoms with Crippen molar-refractivity contribution < 1.29 is 9.47 Å². The maximum Gasteiger partial charge on any atom is 0.100 e. The van der Waals surface area contributed by atoms with Gasteiger partial charge in [0.15, 0.2) is 0 Å². The molecule has 0 amide bonds. The molecule has 88 valence electrons. The second-order valence-electron chi connectivity index (χ2n) is 4.35. The summed E-state index contributed by atoms with van der Waals surface area (Å²) in [5, 5.41) is 0. The summed E-state index contributed by atoms with van der Waals surface area (Å²) in [6.07, 6.45) is -0.0177. The maximum absolute atomic E-state index is 6.18. The SMILES string of the molecule is Cc1ccc(C(N)C2COCCO2)cc1C. The minimum atomic E-state index is -0.0976. The molecule has 0 aliphatic carbocycles. The molecular formula is C13H19NO2. The second-order valence-corrected chi connectivity index (χ2v) is 4.35. The van der Waals surface area contributed by atoms with Crippen LogP contribution >= 0.6 is 0 Å². The molecule has 1 aromatic rings. The highest BCUT2D eigenvalue weighted by Gasteiger charge is 2.23. The molecule has 0 spiro atoms. The summed E-state index contributed by atoms with van der Waals surface area (Å²) in [6, 6.07) is 6.22. The van der Waals surface area contributed by atoms with Crippen LogP contribution < -0.4 is 5.73 Å². The molecule has 1 aromatic carbocycles. The number of aryl methyl sites for hydroxylation is 2. The van der Waals surface area contributed by atoms with E-state index in [2.05, 4.69) is 32.0 Å². The molecular weight excluding hydrogens is 202 g/mol. The van der Waals surface area contributed by atoms with Gasteiger partial charge in [-0.15, -0.1) is 0 Å². The normalized spacial score (nSPS) is 23.1. The first-order valence-corrected chi connectivity index (χ1v) is 5.70. The summed E-state index contributed by atoms with van der Waals surface area (Å²) in [5.41, 5.74) is 9.86. The molecule has 16 heavy (non-hydrogen) atoms. The zero-order chi connectivity index (χ0) is 11.5. The van der Waals surface area contributed by atoms with Crippen LogP contribution in [0.5, 0.6) is 0 Å². The van der Waals surface area contributed by atoms with Crippen molar-refractivity contribution in [3.63, 3.8) is 0 Å². The van der Waals surface area contributed by atoms with Gasteiger partial charge in [0.2, 0.25) is 0 Å². The van der Waals surface area contributed by atoms with Crippen LogP contribution in [0, 0.1) is 13.8 Å². The van der Waals surface area contributed by atoms with Gasteiger partial charge in [0.1, 0.15) is 6.10 Å². The Balaban J connectivity index is 2.12. The molecule has 0 radical (unpaired) electrons. The molecule has 3 heteroatoms. The first-order chi connectivity index (χ1) is 7.68. The number of hydrogen-bond donors (Lipinski definition) is 1. The first-order valence-electron chi connectivity index (χ1n) is 5.70. The van der Waals surface area contributed by atoms with Crippen LogP contribution in [-0.4, -0.2) is 25.9 Å². The zero-order valence-electron chi connectivity index (χ0n) is 9.90. The van der Waals surface area contributed by atoms with E-state index in [1.807, 2.05) is 0 Å². The molecule has 1 saturated heterocycles. The van der Waals surface area contributed by atoms with Gasteiger partial charge in [-0.2, -0.15) is 0 Å². The van der Waals surface area contributed by atoms with Crippen LogP contribution in [-0.2, 0) is 9.47 Å². The minimum Gasteiger partial charge on any atom is -0.376 e. The van der Waals surface area contributed by atoms with Gasteiger partial charge < -0.3 is 15.2 Å². The summed E-state index contributed by atoms with van der Waals surface area (Å²) in [5.74, 6) is 0. The average Bonchev–Trinajstić information content (AvgIpc) is 2.33. The van der Waals surface area contributed by atoms with Crippen molar-refractivity contribution >= 4 is 0 Å². The van der Waals surface area contributed by atoms with E-state index in [0.717, 1.165) is 5.56 Å². The van der Waals surface area contributed by atoms with Gasteiger partial charge in [0, 0.05) is 0 Å². The number of ether oxygens (including phenoxy) is 2. The predicted octanol–water partition coefficient (Wildman–Crippen LogP) is 1.72. The monoisotopic (exact) mass is 221 g/mol. The van der Waals surface area contributed by atoms with Crippen molar-refractivity contribution in [3.05, 3.63) is 34.9 Å². The Labute approximate surface area is 96.5 Å². The summed E-state index contributed by atoms with van der Waals surface area (Å²) >= 11 is 0. The summed E-state index contributed by atoms with van der Waals surface area (Å²) < 4.78 is 11.0. The number of rotatable bonds is 2. The standard InChI is InChI=1S/C13H19NO2/c1-9-3-4-11(7-10(9)2)13(14)12-8-15-5-6-16-12/h3-4,7,12-13H,5-6,8,14H2,1-2H3. The maximum atomic E-state index is 6.18. The summed E-state index contributed by atoms with van der Waals surface area (Å²) in [4.78, 5) is 0. The second kappa shape index (κ2) is 4.95. The minimum absolute atomic E-state index is 0.0177. The van der Waals surface area contributed by atoms with E-state index in [0.29, 0.717) is 19.8 Å². The van der Waals surface area contributed by atoms with E-state index in [4.69, 9.17) is 15.2 Å². The molecule has 2 N–H and O–H groups in total. The van der Waals surface area contributed by atoms with E-state index in [9.17, 15) is 0 Å². The van der Waals surface area contributed by atoms with Crippen molar-refractivity contribution in [2.24, 2.45) is 5.73 Å².